The number of thiocarbonyl (C=S) groups is 1. The summed E-state index contributed by atoms with van der Waals surface area (Å²) in [5.41, 5.74) is 2.53. The van der Waals surface area contributed by atoms with Gasteiger partial charge in [-0.1, -0.05) is 40.2 Å². The average Bonchev–Trinajstić information content (AvgIpc) is 3.62. The van der Waals surface area contributed by atoms with Crippen LogP contribution < -0.4 is 20.3 Å². The van der Waals surface area contributed by atoms with Crippen LogP contribution in [-0.2, 0) is 4.79 Å². The molecule has 1 aliphatic rings. The van der Waals surface area contributed by atoms with E-state index in [1.807, 2.05) is 59.5 Å². The smallest absolute Gasteiger partial charge is 0.262 e. The van der Waals surface area contributed by atoms with Crippen LogP contribution in [0.4, 0.5) is 15.8 Å². The number of aromatic nitrogens is 1. The number of pyridine rings is 1. The number of benzene rings is 3. The molecule has 1 saturated heterocycles. The van der Waals surface area contributed by atoms with Gasteiger partial charge in [0.25, 0.3) is 5.91 Å². The minimum Gasteiger partial charge on any atom is -0.484 e. The number of carbonyl (C=O) groups is 1. The summed E-state index contributed by atoms with van der Waals surface area (Å²) in [7, 11) is 0. The lowest BCUT2D eigenvalue weighted by molar-refractivity contribution is -0.118. The van der Waals surface area contributed by atoms with Crippen molar-refractivity contribution in [2.75, 3.05) is 16.8 Å². The van der Waals surface area contributed by atoms with Crippen LogP contribution in [0.3, 0.4) is 0 Å². The van der Waals surface area contributed by atoms with Gasteiger partial charge >= 0.3 is 0 Å². The zero-order chi connectivity index (χ0) is 29.1. The van der Waals surface area contributed by atoms with E-state index in [-0.39, 0.29) is 18.6 Å². The maximum atomic E-state index is 14.7. The highest BCUT2D eigenvalue weighted by atomic mass is 79.9. The lowest BCUT2D eigenvalue weighted by Gasteiger charge is -2.26. The second kappa shape index (κ2) is 12.1. The van der Waals surface area contributed by atoms with Gasteiger partial charge in [-0.05, 0) is 91.1 Å². The normalized spacial score (nSPS) is 16.2. The Labute approximate surface area is 255 Å². The van der Waals surface area contributed by atoms with Crippen molar-refractivity contribution in [3.63, 3.8) is 0 Å². The summed E-state index contributed by atoms with van der Waals surface area (Å²) in [6.45, 7) is -0.112. The number of hydrogen-bond acceptors (Lipinski definition) is 5. The van der Waals surface area contributed by atoms with Crippen molar-refractivity contribution in [1.82, 2.24) is 10.3 Å². The molecule has 2 N–H and O–H groups in total. The van der Waals surface area contributed by atoms with E-state index in [0.29, 0.717) is 38.1 Å². The van der Waals surface area contributed by atoms with Crippen LogP contribution >= 0.6 is 28.1 Å². The van der Waals surface area contributed by atoms with Gasteiger partial charge < -0.3 is 24.7 Å². The Morgan fingerprint density at radius 3 is 2.55 bits per heavy atom. The van der Waals surface area contributed by atoms with Crippen LogP contribution in [-0.4, -0.2) is 22.6 Å². The Kier molecular flexibility index (Phi) is 7.98. The fourth-order valence-electron chi connectivity index (χ4n) is 4.84. The number of halogens is 2. The number of ether oxygens (including phenoxy) is 1. The van der Waals surface area contributed by atoms with Crippen molar-refractivity contribution in [2.24, 2.45) is 0 Å². The van der Waals surface area contributed by atoms with Crippen LogP contribution in [0.25, 0.3) is 11.3 Å². The van der Waals surface area contributed by atoms with E-state index in [1.165, 1.54) is 6.07 Å². The minimum absolute atomic E-state index is 0.112. The molecule has 6 rings (SSSR count). The summed E-state index contributed by atoms with van der Waals surface area (Å²) in [5.74, 6) is 0.946. The molecule has 5 aromatic rings. The summed E-state index contributed by atoms with van der Waals surface area (Å²) in [6, 6.07) is 29.9. The number of amides is 1. The molecule has 0 radical (unpaired) electrons. The van der Waals surface area contributed by atoms with E-state index in [4.69, 9.17) is 21.4 Å². The maximum Gasteiger partial charge on any atom is 0.262 e. The number of nitrogens with zero attached hydrogens (tertiary/aromatic N) is 2. The van der Waals surface area contributed by atoms with Crippen LogP contribution in [0.5, 0.6) is 5.75 Å². The van der Waals surface area contributed by atoms with Crippen LogP contribution in [0.1, 0.15) is 23.5 Å². The number of carbonyl (C=O) groups excluding carboxylic acids is 1. The van der Waals surface area contributed by atoms with Gasteiger partial charge in [-0.2, -0.15) is 0 Å². The average molecular weight is 644 g/mol. The number of rotatable bonds is 8. The molecular formula is C32H24BrFN4O3S. The monoisotopic (exact) mass is 642 g/mol. The van der Waals surface area contributed by atoms with Crippen molar-refractivity contribution in [3.05, 3.63) is 131 Å². The molecule has 0 spiro atoms. The Balaban J connectivity index is 1.26. The Morgan fingerprint density at radius 1 is 1.02 bits per heavy atom. The fourth-order valence-corrected chi connectivity index (χ4v) is 5.51. The molecule has 0 saturated carbocycles. The lowest BCUT2D eigenvalue weighted by Crippen LogP contribution is -2.29. The summed E-state index contributed by atoms with van der Waals surface area (Å²) >= 11 is 9.09. The molecule has 3 heterocycles. The third-order valence-electron chi connectivity index (χ3n) is 6.76. The molecule has 0 aliphatic carbocycles. The van der Waals surface area contributed by atoms with Crippen molar-refractivity contribution in [1.29, 1.82) is 0 Å². The van der Waals surface area contributed by atoms with Crippen LogP contribution in [0, 0.1) is 5.82 Å². The van der Waals surface area contributed by atoms with E-state index < -0.39 is 11.9 Å². The summed E-state index contributed by atoms with van der Waals surface area (Å²) in [6.07, 6.45) is 1.73. The first-order valence-electron chi connectivity index (χ1n) is 13.1. The molecule has 0 bridgehead atoms. The summed E-state index contributed by atoms with van der Waals surface area (Å²) < 4.78 is 27.2. The van der Waals surface area contributed by atoms with Crippen LogP contribution in [0.15, 0.2) is 118 Å². The number of anilines is 2. The number of hydrogen-bond donors (Lipinski definition) is 2. The molecule has 2 aromatic heterocycles. The highest BCUT2D eigenvalue weighted by Gasteiger charge is 2.42. The molecule has 10 heteroatoms. The fraction of sp³-hybridized carbons (Fsp3) is 0.0938. The predicted octanol–water partition coefficient (Wildman–Crippen LogP) is 7.44. The van der Waals surface area contributed by atoms with Gasteiger partial charge in [-0.15, -0.1) is 0 Å². The zero-order valence-electron chi connectivity index (χ0n) is 22.0. The highest BCUT2D eigenvalue weighted by Crippen LogP contribution is 2.43. The molecule has 1 fully saturated rings. The van der Waals surface area contributed by atoms with Gasteiger partial charge in [0.15, 0.2) is 11.7 Å². The van der Waals surface area contributed by atoms with Gasteiger partial charge in [-0.3, -0.25) is 9.78 Å². The largest absolute Gasteiger partial charge is 0.484 e. The van der Waals surface area contributed by atoms with E-state index in [1.54, 1.807) is 48.7 Å². The number of para-hydroxylation sites is 1. The van der Waals surface area contributed by atoms with Gasteiger partial charge in [0.1, 0.15) is 29.1 Å². The van der Waals surface area contributed by atoms with Crippen molar-refractivity contribution < 1.29 is 18.3 Å². The zero-order valence-corrected chi connectivity index (χ0v) is 24.4. The summed E-state index contributed by atoms with van der Waals surface area (Å²) in [4.78, 5) is 19.0. The standard InChI is InChI=1S/C32H24BrFN4O3S/c33-20-9-14-24(25(34)18-20)27-15-16-28(41-27)31-30(26-8-4-5-17-35-26)37-32(42)38(31)22-12-10-21(11-13-22)36-29(39)19-40-23-6-2-1-3-7-23/h1-18,30-31H,19H2,(H,36,39)(H,37,42). The Morgan fingerprint density at radius 2 is 1.81 bits per heavy atom. The van der Waals surface area contributed by atoms with E-state index in [2.05, 4.69) is 31.5 Å². The number of furan rings is 1. The third kappa shape index (κ3) is 5.90. The van der Waals surface area contributed by atoms with Gasteiger partial charge in [-0.25, -0.2) is 4.39 Å². The second-order valence-electron chi connectivity index (χ2n) is 9.52. The Hall–Kier alpha value is -4.54. The first kappa shape index (κ1) is 27.6. The lowest BCUT2D eigenvalue weighted by atomic mass is 10.0. The molecule has 1 amide bonds. The molecule has 1 aliphatic heterocycles. The highest BCUT2D eigenvalue weighted by molar-refractivity contribution is 9.10. The molecule has 3 aromatic carbocycles. The first-order chi connectivity index (χ1) is 20.5. The maximum absolute atomic E-state index is 14.7. The molecule has 2 atom stereocenters. The molecule has 210 valence electrons. The van der Waals surface area contributed by atoms with Crippen LogP contribution in [0.2, 0.25) is 0 Å². The molecule has 2 unspecified atom stereocenters. The topological polar surface area (TPSA) is 79.6 Å². The molecule has 42 heavy (non-hydrogen) atoms. The molecular weight excluding hydrogens is 619 g/mol. The SMILES string of the molecule is O=C(COc1ccccc1)Nc1ccc(N2C(=S)NC(c3ccccn3)C2c2ccc(-c3ccc(Br)cc3F)o2)cc1. The minimum atomic E-state index is -0.417. The number of nitrogens with one attached hydrogen (secondary N) is 2. The van der Waals surface area contributed by atoms with Crippen molar-refractivity contribution in [3.8, 4) is 17.1 Å². The van der Waals surface area contributed by atoms with Crippen molar-refractivity contribution >= 4 is 50.5 Å². The van der Waals surface area contributed by atoms with Gasteiger partial charge in [0.05, 0.1) is 17.3 Å². The van der Waals surface area contributed by atoms with E-state index >= 15 is 0 Å². The third-order valence-corrected chi connectivity index (χ3v) is 7.56. The first-order valence-corrected chi connectivity index (χ1v) is 14.3. The van der Waals surface area contributed by atoms with Gasteiger partial charge in [0.2, 0.25) is 0 Å². The van der Waals surface area contributed by atoms with Crippen molar-refractivity contribution in [2.45, 2.75) is 12.1 Å². The Bertz CT molecular complexity index is 1720. The van der Waals surface area contributed by atoms with E-state index in [9.17, 15) is 9.18 Å². The second-order valence-corrected chi connectivity index (χ2v) is 10.8. The predicted molar refractivity (Wildman–Crippen MR) is 167 cm³/mol. The van der Waals surface area contributed by atoms with E-state index in [0.717, 1.165) is 11.4 Å². The van der Waals surface area contributed by atoms with Gasteiger partial charge in [0, 0.05) is 22.0 Å². The molecule has 7 nitrogen and oxygen atoms in total. The quantitative estimate of drug-likeness (QED) is 0.170. The summed E-state index contributed by atoms with van der Waals surface area (Å²) in [5, 5.41) is 6.72.